The Balaban J connectivity index is 1.89. The molecule has 0 bridgehead atoms. The van der Waals surface area contributed by atoms with Crippen LogP contribution in [0.2, 0.25) is 0 Å². The number of esters is 2. The van der Waals surface area contributed by atoms with Crippen molar-refractivity contribution in [3.05, 3.63) is 89.5 Å². The van der Waals surface area contributed by atoms with Gasteiger partial charge >= 0.3 is 11.9 Å². The van der Waals surface area contributed by atoms with Crippen LogP contribution in [0.5, 0.6) is 17.2 Å². The molecule has 0 radical (unpaired) electrons. The SMILES string of the molecule is C=C(C)C(=O)OCC(O)COc1ccc(/C=C/C(=O)CC(=O)/C=C/c2ccc(OCC(O)COC(=O)C(=C)C)c(OC)c2)cc1CO. The zero-order valence-corrected chi connectivity index (χ0v) is 26.6. The maximum absolute atomic E-state index is 12.4. The van der Waals surface area contributed by atoms with Gasteiger partial charge in [0.05, 0.1) is 20.1 Å². The van der Waals surface area contributed by atoms with Gasteiger partial charge in [-0.3, -0.25) is 9.59 Å². The number of carbonyl (C=O) groups is 4. The lowest BCUT2D eigenvalue weighted by Crippen LogP contribution is -2.25. The first-order chi connectivity index (χ1) is 22.3. The molecule has 0 aliphatic carbocycles. The number of methoxy groups -OCH3 is 1. The average Bonchev–Trinajstić information content (AvgIpc) is 3.05. The molecule has 0 fully saturated rings. The Morgan fingerprint density at radius 2 is 1.19 bits per heavy atom. The number of aliphatic hydroxyl groups is 3. The first kappa shape index (κ1) is 38.1. The number of benzene rings is 2. The molecule has 2 unspecified atom stereocenters. The first-order valence-corrected chi connectivity index (χ1v) is 14.4. The minimum absolute atomic E-state index is 0.164. The molecule has 3 N–H and O–H groups in total. The Morgan fingerprint density at radius 1 is 0.723 bits per heavy atom. The van der Waals surface area contributed by atoms with Crippen molar-refractivity contribution in [2.24, 2.45) is 0 Å². The summed E-state index contributed by atoms with van der Waals surface area (Å²) in [6.45, 7) is 8.64. The molecule has 0 amide bonds. The summed E-state index contributed by atoms with van der Waals surface area (Å²) in [4.78, 5) is 47.7. The Kier molecular flexibility index (Phi) is 15.8. The molecule has 2 rings (SSSR count). The van der Waals surface area contributed by atoms with E-state index in [0.717, 1.165) is 0 Å². The second kappa shape index (κ2) is 19.5. The number of rotatable bonds is 20. The van der Waals surface area contributed by atoms with E-state index < -0.39 is 35.7 Å². The number of allylic oxidation sites excluding steroid dienone is 2. The summed E-state index contributed by atoms with van der Waals surface area (Å²) in [5.41, 5.74) is 1.99. The quantitative estimate of drug-likeness (QED) is 0.108. The topological polar surface area (TPSA) is 175 Å². The standard InChI is InChI=1S/C35H40O12/c1-22(2)34(41)46-20-29(39)18-44-31-12-8-24(14-26(31)17-36)6-10-27(37)16-28(38)11-7-25-9-13-32(33(15-25)43-5)45-19-30(40)21-47-35(42)23(3)4/h6-15,29-30,36,39-40H,1,3,16-21H2,2,4-5H3/b10-6+,11-7+. The molecule has 12 nitrogen and oxygen atoms in total. The van der Waals surface area contributed by atoms with E-state index in [-0.39, 0.29) is 50.6 Å². The number of carbonyl (C=O) groups excluding carboxylic acids is 4. The van der Waals surface area contributed by atoms with Gasteiger partial charge in [0.15, 0.2) is 23.1 Å². The summed E-state index contributed by atoms with van der Waals surface area (Å²) in [6.07, 6.45) is 3.00. The largest absolute Gasteiger partial charge is 0.493 e. The highest BCUT2D eigenvalue weighted by molar-refractivity contribution is 6.10. The smallest absolute Gasteiger partial charge is 0.333 e. The molecular weight excluding hydrogens is 612 g/mol. The van der Waals surface area contributed by atoms with E-state index in [9.17, 15) is 34.5 Å². The molecule has 2 aromatic carbocycles. The lowest BCUT2D eigenvalue weighted by Gasteiger charge is -2.15. The molecule has 0 saturated heterocycles. The Hall–Kier alpha value is -5.04. The molecule has 0 spiro atoms. The van der Waals surface area contributed by atoms with E-state index in [1.165, 1.54) is 45.3 Å². The van der Waals surface area contributed by atoms with Crippen LogP contribution >= 0.6 is 0 Å². The van der Waals surface area contributed by atoms with Crippen LogP contribution in [-0.2, 0) is 35.3 Å². The molecule has 252 valence electrons. The van der Waals surface area contributed by atoms with E-state index >= 15 is 0 Å². The van der Waals surface area contributed by atoms with Crippen LogP contribution in [0, 0.1) is 0 Å². The molecule has 47 heavy (non-hydrogen) atoms. The third-order valence-electron chi connectivity index (χ3n) is 6.09. The van der Waals surface area contributed by atoms with E-state index in [1.807, 2.05) is 0 Å². The van der Waals surface area contributed by atoms with Gasteiger partial charge in [-0.1, -0.05) is 37.4 Å². The van der Waals surface area contributed by atoms with Crippen molar-refractivity contribution >= 4 is 35.7 Å². The Labute approximate surface area is 273 Å². The fraction of sp³-hybridized carbons (Fsp3) is 0.314. The summed E-state index contributed by atoms with van der Waals surface area (Å²) < 4.78 is 26.2. The van der Waals surface area contributed by atoms with Gasteiger partial charge in [0.2, 0.25) is 0 Å². The van der Waals surface area contributed by atoms with Crippen LogP contribution in [0.3, 0.4) is 0 Å². The molecule has 0 saturated carbocycles. The normalized spacial score (nSPS) is 12.3. The molecule has 2 atom stereocenters. The fourth-order valence-corrected chi connectivity index (χ4v) is 3.60. The molecular formula is C35H40O12. The minimum Gasteiger partial charge on any atom is -0.493 e. The van der Waals surface area contributed by atoms with Crippen molar-refractivity contribution in [2.75, 3.05) is 33.5 Å². The number of aliphatic hydroxyl groups excluding tert-OH is 3. The maximum atomic E-state index is 12.4. The monoisotopic (exact) mass is 652 g/mol. The highest BCUT2D eigenvalue weighted by Gasteiger charge is 2.14. The van der Waals surface area contributed by atoms with Crippen LogP contribution in [-0.4, -0.2) is 84.6 Å². The van der Waals surface area contributed by atoms with Gasteiger partial charge in [0.1, 0.15) is 44.4 Å². The molecule has 0 aromatic heterocycles. The molecule has 12 heteroatoms. The highest BCUT2D eigenvalue weighted by atomic mass is 16.6. The predicted octanol–water partition coefficient (Wildman–Crippen LogP) is 3.16. The summed E-state index contributed by atoms with van der Waals surface area (Å²) >= 11 is 0. The zero-order valence-electron chi connectivity index (χ0n) is 26.6. The summed E-state index contributed by atoms with van der Waals surface area (Å²) in [7, 11) is 1.43. The van der Waals surface area contributed by atoms with Crippen LogP contribution in [0.15, 0.2) is 72.9 Å². The number of hydrogen-bond donors (Lipinski definition) is 3. The van der Waals surface area contributed by atoms with Crippen molar-refractivity contribution in [2.45, 2.75) is 39.1 Å². The van der Waals surface area contributed by atoms with Crippen LogP contribution < -0.4 is 14.2 Å². The second-order valence-corrected chi connectivity index (χ2v) is 10.4. The number of ether oxygens (including phenoxy) is 5. The van der Waals surface area contributed by atoms with Crippen molar-refractivity contribution in [1.29, 1.82) is 0 Å². The van der Waals surface area contributed by atoms with Gasteiger partial charge in [-0.05, 0) is 61.4 Å². The maximum Gasteiger partial charge on any atom is 0.333 e. The first-order valence-electron chi connectivity index (χ1n) is 14.4. The molecule has 2 aromatic rings. The van der Waals surface area contributed by atoms with Crippen molar-refractivity contribution in [3.8, 4) is 17.2 Å². The van der Waals surface area contributed by atoms with Crippen molar-refractivity contribution in [3.63, 3.8) is 0 Å². The van der Waals surface area contributed by atoms with E-state index in [0.29, 0.717) is 33.9 Å². The Morgan fingerprint density at radius 3 is 1.66 bits per heavy atom. The lowest BCUT2D eigenvalue weighted by atomic mass is 10.1. The van der Waals surface area contributed by atoms with Gasteiger partial charge < -0.3 is 39.0 Å². The summed E-state index contributed by atoms with van der Waals surface area (Å²) in [5.74, 6) is -1.15. The Bertz CT molecular complexity index is 1390. The van der Waals surface area contributed by atoms with Crippen molar-refractivity contribution in [1.82, 2.24) is 0 Å². The third kappa shape index (κ3) is 13.9. The molecule has 0 aliphatic heterocycles. The predicted molar refractivity (Wildman–Crippen MR) is 173 cm³/mol. The molecule has 0 heterocycles. The number of ketones is 2. The summed E-state index contributed by atoms with van der Waals surface area (Å²) in [5, 5.41) is 29.7. The average molecular weight is 653 g/mol. The van der Waals surface area contributed by atoms with Crippen molar-refractivity contribution < 1.29 is 58.2 Å². The van der Waals surface area contributed by atoms with E-state index in [1.54, 1.807) is 36.4 Å². The van der Waals surface area contributed by atoms with Crippen LogP contribution in [0.25, 0.3) is 12.2 Å². The van der Waals surface area contributed by atoms with E-state index in [4.69, 9.17) is 23.7 Å². The van der Waals surface area contributed by atoms with Gasteiger partial charge in [-0.15, -0.1) is 0 Å². The second-order valence-electron chi connectivity index (χ2n) is 10.4. The van der Waals surface area contributed by atoms with E-state index in [2.05, 4.69) is 13.2 Å². The number of hydrogen-bond acceptors (Lipinski definition) is 12. The van der Waals surface area contributed by atoms with Gasteiger partial charge in [-0.25, -0.2) is 9.59 Å². The zero-order chi connectivity index (χ0) is 34.9. The molecule has 0 aliphatic rings. The van der Waals surface area contributed by atoms with Gasteiger partial charge in [-0.2, -0.15) is 0 Å². The lowest BCUT2D eigenvalue weighted by molar-refractivity contribution is -0.143. The van der Waals surface area contributed by atoms with Gasteiger partial charge in [0.25, 0.3) is 0 Å². The summed E-state index contributed by atoms with van der Waals surface area (Å²) in [6, 6.07) is 9.64. The third-order valence-corrected chi connectivity index (χ3v) is 6.09. The minimum atomic E-state index is -1.10. The van der Waals surface area contributed by atoms with Gasteiger partial charge in [0, 0.05) is 16.7 Å². The van der Waals surface area contributed by atoms with Crippen LogP contribution in [0.4, 0.5) is 0 Å². The highest BCUT2D eigenvalue weighted by Crippen LogP contribution is 2.29. The fourth-order valence-electron chi connectivity index (χ4n) is 3.60. The van der Waals surface area contributed by atoms with Crippen LogP contribution in [0.1, 0.15) is 37.0 Å².